The van der Waals surface area contributed by atoms with E-state index in [2.05, 4.69) is 0 Å². The van der Waals surface area contributed by atoms with E-state index in [1.54, 1.807) is 0 Å². The van der Waals surface area contributed by atoms with Crippen LogP contribution in [-0.4, -0.2) is 72.0 Å². The zero-order chi connectivity index (χ0) is 14.0. The van der Waals surface area contributed by atoms with Gasteiger partial charge in [0.15, 0.2) is 0 Å². The Kier molecular flexibility index (Phi) is 4.24. The highest BCUT2D eigenvalue weighted by atomic mass is 19.1. The minimum Gasteiger partial charge on any atom is -0.468 e. The minimum atomic E-state index is -1.01. The molecule has 2 aliphatic rings. The van der Waals surface area contributed by atoms with Gasteiger partial charge in [-0.3, -0.25) is 9.69 Å². The number of halogens is 1. The van der Waals surface area contributed by atoms with Crippen molar-refractivity contribution in [2.75, 3.05) is 26.7 Å². The van der Waals surface area contributed by atoms with Gasteiger partial charge in [-0.25, -0.2) is 9.18 Å². The summed E-state index contributed by atoms with van der Waals surface area (Å²) in [6, 6.07) is -0.471. The molecule has 2 heterocycles. The van der Waals surface area contributed by atoms with Gasteiger partial charge in [0.1, 0.15) is 12.2 Å². The molecule has 2 aliphatic heterocycles. The molecule has 0 aliphatic carbocycles. The minimum absolute atomic E-state index is 0.0560. The molecule has 0 aromatic rings. The number of rotatable bonds is 2. The van der Waals surface area contributed by atoms with Gasteiger partial charge >= 0.3 is 12.1 Å². The van der Waals surface area contributed by atoms with E-state index in [0.717, 1.165) is 0 Å². The third-order valence-electron chi connectivity index (χ3n) is 3.97. The maximum atomic E-state index is 13.5. The number of carbonyl (C=O) groups is 2. The number of alkyl halides is 1. The zero-order valence-corrected chi connectivity index (χ0v) is 10.9. The van der Waals surface area contributed by atoms with Crippen LogP contribution in [0, 0.1) is 0 Å². The van der Waals surface area contributed by atoms with Gasteiger partial charge in [-0.1, -0.05) is 0 Å². The third kappa shape index (κ3) is 2.97. The number of esters is 1. The van der Waals surface area contributed by atoms with Crippen LogP contribution < -0.4 is 0 Å². The van der Waals surface area contributed by atoms with E-state index in [1.165, 1.54) is 12.0 Å². The molecule has 0 bridgehead atoms. The summed E-state index contributed by atoms with van der Waals surface area (Å²) >= 11 is 0. The number of hydrogen-bond donors (Lipinski definition) is 1. The Hall–Kier alpha value is -1.37. The fourth-order valence-corrected chi connectivity index (χ4v) is 2.97. The van der Waals surface area contributed by atoms with Crippen molar-refractivity contribution in [1.29, 1.82) is 0 Å². The van der Waals surface area contributed by atoms with E-state index in [4.69, 9.17) is 9.84 Å². The van der Waals surface area contributed by atoms with Crippen molar-refractivity contribution in [3.8, 4) is 0 Å². The average Bonchev–Trinajstić information content (AvgIpc) is 2.80. The van der Waals surface area contributed by atoms with Crippen LogP contribution in [-0.2, 0) is 9.53 Å². The van der Waals surface area contributed by atoms with Gasteiger partial charge in [0, 0.05) is 32.1 Å². The predicted molar refractivity (Wildman–Crippen MR) is 64.6 cm³/mol. The topological polar surface area (TPSA) is 70.1 Å². The van der Waals surface area contributed by atoms with Gasteiger partial charge in [-0.05, 0) is 12.8 Å². The lowest BCUT2D eigenvalue weighted by Gasteiger charge is -2.37. The number of piperidine rings is 1. The van der Waals surface area contributed by atoms with Gasteiger partial charge in [0.25, 0.3) is 0 Å². The highest BCUT2D eigenvalue weighted by Crippen LogP contribution is 2.28. The largest absolute Gasteiger partial charge is 0.468 e. The van der Waals surface area contributed by atoms with Gasteiger partial charge in [-0.2, -0.15) is 0 Å². The van der Waals surface area contributed by atoms with Crippen molar-refractivity contribution in [2.24, 2.45) is 0 Å². The number of hydrogen-bond acceptors (Lipinski definition) is 4. The Morgan fingerprint density at radius 2 is 1.95 bits per heavy atom. The summed E-state index contributed by atoms with van der Waals surface area (Å²) in [5.41, 5.74) is 0. The lowest BCUT2D eigenvalue weighted by Crippen LogP contribution is -2.50. The van der Waals surface area contributed by atoms with Crippen LogP contribution in [0.25, 0.3) is 0 Å². The molecule has 0 aromatic heterocycles. The molecule has 6 nitrogen and oxygen atoms in total. The summed E-state index contributed by atoms with van der Waals surface area (Å²) < 4.78 is 18.2. The molecule has 2 saturated heterocycles. The number of carboxylic acid groups (broad SMARTS) is 1. The molecule has 0 spiro atoms. The maximum absolute atomic E-state index is 13.5. The summed E-state index contributed by atoms with van der Waals surface area (Å²) in [4.78, 5) is 25.7. The highest BCUT2D eigenvalue weighted by Gasteiger charge is 2.42. The number of nitrogens with zero attached hydrogens (tertiary/aromatic N) is 2. The fourth-order valence-electron chi connectivity index (χ4n) is 2.97. The van der Waals surface area contributed by atoms with Gasteiger partial charge in [-0.15, -0.1) is 0 Å². The van der Waals surface area contributed by atoms with E-state index in [0.29, 0.717) is 25.9 Å². The Balaban J connectivity index is 1.97. The molecule has 0 saturated carbocycles. The molecule has 108 valence electrons. The van der Waals surface area contributed by atoms with Crippen LogP contribution in [0.5, 0.6) is 0 Å². The Bertz CT molecular complexity index is 358. The van der Waals surface area contributed by atoms with Crippen LogP contribution in [0.15, 0.2) is 0 Å². The third-order valence-corrected chi connectivity index (χ3v) is 3.97. The first kappa shape index (κ1) is 14.0. The quantitative estimate of drug-likeness (QED) is 0.751. The van der Waals surface area contributed by atoms with E-state index >= 15 is 0 Å². The second kappa shape index (κ2) is 5.73. The second-order valence-corrected chi connectivity index (χ2v) is 5.07. The van der Waals surface area contributed by atoms with Crippen LogP contribution in [0.3, 0.4) is 0 Å². The van der Waals surface area contributed by atoms with Crippen LogP contribution in [0.1, 0.15) is 19.3 Å². The molecule has 7 heteroatoms. The number of carbonyl (C=O) groups excluding carboxylic acids is 1. The van der Waals surface area contributed by atoms with E-state index in [1.807, 2.05) is 4.90 Å². The number of likely N-dealkylation sites (tertiary alicyclic amines) is 2. The van der Waals surface area contributed by atoms with Crippen LogP contribution in [0.2, 0.25) is 0 Å². The summed E-state index contributed by atoms with van der Waals surface area (Å²) in [5.74, 6) is -0.402. The lowest BCUT2D eigenvalue weighted by molar-refractivity contribution is -0.147. The van der Waals surface area contributed by atoms with Gasteiger partial charge < -0.3 is 14.7 Å². The summed E-state index contributed by atoms with van der Waals surface area (Å²) in [5, 5.41) is 8.89. The summed E-state index contributed by atoms with van der Waals surface area (Å²) in [6.07, 6.45) is -0.500. The van der Waals surface area contributed by atoms with Gasteiger partial charge in [0.05, 0.1) is 7.11 Å². The molecule has 2 fully saturated rings. The molecular formula is C12H19FN2O4. The molecule has 0 aromatic carbocycles. The van der Waals surface area contributed by atoms with E-state index in [9.17, 15) is 14.0 Å². The monoisotopic (exact) mass is 274 g/mol. The van der Waals surface area contributed by atoms with Crippen LogP contribution in [0.4, 0.5) is 9.18 Å². The Labute approximate surface area is 111 Å². The van der Waals surface area contributed by atoms with Crippen molar-refractivity contribution < 1.29 is 23.8 Å². The predicted octanol–water partition coefficient (Wildman–Crippen LogP) is 0.714. The van der Waals surface area contributed by atoms with Crippen molar-refractivity contribution in [2.45, 2.75) is 37.5 Å². The molecule has 0 unspecified atom stereocenters. The van der Waals surface area contributed by atoms with Crippen molar-refractivity contribution in [1.82, 2.24) is 9.80 Å². The molecule has 19 heavy (non-hydrogen) atoms. The van der Waals surface area contributed by atoms with Crippen molar-refractivity contribution >= 4 is 12.1 Å². The highest BCUT2D eigenvalue weighted by molar-refractivity contribution is 5.76. The summed E-state index contributed by atoms with van der Waals surface area (Å²) in [7, 11) is 1.30. The molecule has 2 rings (SSSR count). The maximum Gasteiger partial charge on any atom is 0.407 e. The Morgan fingerprint density at radius 1 is 1.32 bits per heavy atom. The Morgan fingerprint density at radius 3 is 2.47 bits per heavy atom. The average molecular weight is 274 g/mol. The SMILES string of the molecule is COC(=O)[C@H]1C[C@@H](F)CN1C1CCN(C(=O)O)CC1. The molecule has 2 atom stereocenters. The molecule has 1 N–H and O–H groups in total. The molecular weight excluding hydrogens is 255 g/mol. The first-order valence-corrected chi connectivity index (χ1v) is 6.48. The van der Waals surface area contributed by atoms with E-state index < -0.39 is 24.3 Å². The fraction of sp³-hybridized carbons (Fsp3) is 0.833. The first-order valence-electron chi connectivity index (χ1n) is 6.48. The first-order chi connectivity index (χ1) is 9.02. The van der Waals surface area contributed by atoms with Crippen LogP contribution >= 0.6 is 0 Å². The number of ether oxygens (including phenoxy) is 1. The van der Waals surface area contributed by atoms with Crippen molar-refractivity contribution in [3.05, 3.63) is 0 Å². The normalized spacial score (nSPS) is 29.5. The molecule has 0 radical (unpaired) electrons. The molecule has 1 amide bonds. The van der Waals surface area contributed by atoms with E-state index in [-0.39, 0.29) is 19.0 Å². The number of methoxy groups -OCH3 is 1. The second-order valence-electron chi connectivity index (χ2n) is 5.07. The summed E-state index contributed by atoms with van der Waals surface area (Å²) in [6.45, 7) is 1.10. The number of amides is 1. The standard InChI is InChI=1S/C12H19FN2O4/c1-19-11(16)10-6-8(13)7-15(10)9-2-4-14(5-3-9)12(17)18/h8-10H,2-7H2,1H3,(H,17,18)/t8-,10-/m1/s1. The van der Waals surface area contributed by atoms with Crippen molar-refractivity contribution in [3.63, 3.8) is 0 Å². The zero-order valence-electron chi connectivity index (χ0n) is 10.9. The smallest absolute Gasteiger partial charge is 0.407 e. The van der Waals surface area contributed by atoms with Gasteiger partial charge in [0.2, 0.25) is 0 Å². The lowest BCUT2D eigenvalue weighted by atomic mass is 10.0.